The summed E-state index contributed by atoms with van der Waals surface area (Å²) in [7, 11) is 3.33. The van der Waals surface area contributed by atoms with E-state index in [1.807, 2.05) is 11.0 Å². The summed E-state index contributed by atoms with van der Waals surface area (Å²) in [6, 6.07) is 3.52. The lowest BCUT2D eigenvalue weighted by atomic mass is 10.1. The Bertz CT molecular complexity index is 737. The number of nitrogens with zero attached hydrogens (tertiary/aromatic N) is 4. The van der Waals surface area contributed by atoms with Crippen molar-refractivity contribution < 1.29 is 14.4 Å². The molecule has 0 radical (unpaired) electrons. The van der Waals surface area contributed by atoms with Gasteiger partial charge in [-0.15, -0.1) is 11.6 Å². The van der Waals surface area contributed by atoms with Gasteiger partial charge in [-0.05, 0) is 25.0 Å². The molecule has 140 valence electrons. The molecule has 3 amide bonds. The second-order valence-corrected chi connectivity index (χ2v) is 7.24. The van der Waals surface area contributed by atoms with Crippen LogP contribution in [0.2, 0.25) is 0 Å². The molecule has 1 atom stereocenters. The van der Waals surface area contributed by atoms with Gasteiger partial charge < -0.3 is 14.7 Å². The minimum atomic E-state index is -0.171. The molecule has 1 unspecified atom stereocenters. The second-order valence-electron chi connectivity index (χ2n) is 6.86. The third-order valence-electron chi connectivity index (χ3n) is 4.90. The van der Waals surface area contributed by atoms with E-state index in [0.29, 0.717) is 36.6 Å². The topological polar surface area (TPSA) is 73.8 Å². The quantitative estimate of drug-likeness (QED) is 0.726. The Hall–Kier alpha value is -2.15. The van der Waals surface area contributed by atoms with Crippen LogP contribution in [-0.4, -0.2) is 70.5 Å². The number of likely N-dealkylation sites (tertiary alicyclic amines) is 1. The Morgan fingerprint density at radius 3 is 2.81 bits per heavy atom. The number of aromatic nitrogens is 1. The average Bonchev–Trinajstić information content (AvgIpc) is 3.20. The van der Waals surface area contributed by atoms with Crippen LogP contribution in [0.5, 0.6) is 0 Å². The van der Waals surface area contributed by atoms with Crippen LogP contribution >= 0.6 is 11.6 Å². The number of carbonyl (C=O) groups is 3. The molecule has 0 saturated carbocycles. The molecule has 7 nitrogen and oxygen atoms in total. The highest BCUT2D eigenvalue weighted by Crippen LogP contribution is 2.33. The van der Waals surface area contributed by atoms with E-state index in [1.165, 1.54) is 9.80 Å². The standard InChI is InChI=1S/C18H23ClN4O3/c1-21(2)17(25)11-22-10-14-12(18(22)26)5-6-13(20-14)15-4-3-9-23(15)16(24)7-8-19/h5-6,15H,3-4,7-11H2,1-2H3. The molecule has 0 bridgehead atoms. The Balaban J connectivity index is 1.78. The number of halogens is 1. The number of fused-ring (bicyclic) bond motifs is 1. The zero-order valence-corrected chi connectivity index (χ0v) is 15.8. The van der Waals surface area contributed by atoms with E-state index < -0.39 is 0 Å². The molecule has 2 aliphatic heterocycles. The summed E-state index contributed by atoms with van der Waals surface area (Å²) in [5.74, 6) is 0.0538. The van der Waals surface area contributed by atoms with E-state index in [2.05, 4.69) is 4.98 Å². The van der Waals surface area contributed by atoms with Gasteiger partial charge in [-0.1, -0.05) is 0 Å². The molecule has 3 rings (SSSR count). The Morgan fingerprint density at radius 2 is 2.12 bits per heavy atom. The van der Waals surface area contributed by atoms with E-state index in [1.54, 1.807) is 20.2 Å². The monoisotopic (exact) mass is 378 g/mol. The summed E-state index contributed by atoms with van der Waals surface area (Å²) in [6.07, 6.45) is 2.11. The van der Waals surface area contributed by atoms with Gasteiger partial charge in [0.25, 0.3) is 5.91 Å². The van der Waals surface area contributed by atoms with Crippen LogP contribution in [0.1, 0.15) is 47.1 Å². The first kappa shape index (κ1) is 18.6. The molecule has 8 heteroatoms. The molecule has 1 saturated heterocycles. The molecule has 26 heavy (non-hydrogen) atoms. The van der Waals surface area contributed by atoms with Crippen molar-refractivity contribution in [3.8, 4) is 0 Å². The molecule has 3 heterocycles. The minimum Gasteiger partial charge on any atom is -0.347 e. The maximum atomic E-state index is 12.5. The summed E-state index contributed by atoms with van der Waals surface area (Å²) < 4.78 is 0. The van der Waals surface area contributed by atoms with Crippen molar-refractivity contribution in [1.82, 2.24) is 19.7 Å². The molecule has 0 aromatic carbocycles. The molecule has 2 aliphatic rings. The predicted molar refractivity (Wildman–Crippen MR) is 96.7 cm³/mol. The molecule has 0 spiro atoms. The Kier molecular flexibility index (Phi) is 5.46. The van der Waals surface area contributed by atoms with Gasteiger partial charge in [0.1, 0.15) is 6.54 Å². The Labute approximate surface area is 157 Å². The molecule has 1 fully saturated rings. The van der Waals surface area contributed by atoms with Crippen molar-refractivity contribution in [3.63, 3.8) is 0 Å². The van der Waals surface area contributed by atoms with E-state index in [4.69, 9.17) is 11.6 Å². The molecular formula is C18H23ClN4O3. The van der Waals surface area contributed by atoms with Crippen molar-refractivity contribution in [2.24, 2.45) is 0 Å². The van der Waals surface area contributed by atoms with Crippen LogP contribution in [0.25, 0.3) is 0 Å². The van der Waals surface area contributed by atoms with Gasteiger partial charge in [0.2, 0.25) is 11.8 Å². The van der Waals surface area contributed by atoms with Crippen LogP contribution in [0.15, 0.2) is 12.1 Å². The first-order valence-electron chi connectivity index (χ1n) is 8.77. The van der Waals surface area contributed by atoms with Crippen molar-refractivity contribution in [2.45, 2.75) is 31.8 Å². The molecular weight excluding hydrogens is 356 g/mol. The number of hydrogen-bond donors (Lipinski definition) is 0. The van der Waals surface area contributed by atoms with Crippen molar-refractivity contribution in [1.29, 1.82) is 0 Å². The largest absolute Gasteiger partial charge is 0.347 e. The molecule has 0 aliphatic carbocycles. The number of carbonyl (C=O) groups excluding carboxylic acids is 3. The lowest BCUT2D eigenvalue weighted by Gasteiger charge is -2.24. The van der Waals surface area contributed by atoms with Gasteiger partial charge in [0, 0.05) is 32.9 Å². The number of alkyl halides is 1. The van der Waals surface area contributed by atoms with Crippen LogP contribution in [-0.2, 0) is 16.1 Å². The highest BCUT2D eigenvalue weighted by atomic mass is 35.5. The fraction of sp³-hybridized carbons (Fsp3) is 0.556. The normalized spacial score (nSPS) is 19.0. The summed E-state index contributed by atoms with van der Waals surface area (Å²) in [4.78, 5) is 46.1. The third kappa shape index (κ3) is 3.53. The predicted octanol–water partition coefficient (Wildman–Crippen LogP) is 1.42. The maximum Gasteiger partial charge on any atom is 0.256 e. The van der Waals surface area contributed by atoms with E-state index in [0.717, 1.165) is 18.5 Å². The van der Waals surface area contributed by atoms with E-state index >= 15 is 0 Å². The lowest BCUT2D eigenvalue weighted by Crippen LogP contribution is -2.36. The van der Waals surface area contributed by atoms with Crippen LogP contribution in [0.3, 0.4) is 0 Å². The van der Waals surface area contributed by atoms with Crippen molar-refractivity contribution >= 4 is 29.3 Å². The van der Waals surface area contributed by atoms with Gasteiger partial charge in [0.15, 0.2) is 0 Å². The minimum absolute atomic E-state index is 0.0408. The first-order valence-corrected chi connectivity index (χ1v) is 9.30. The summed E-state index contributed by atoms with van der Waals surface area (Å²) in [5.41, 5.74) is 2.02. The number of likely N-dealkylation sites (N-methyl/N-ethyl adjacent to an activating group) is 1. The van der Waals surface area contributed by atoms with Gasteiger partial charge >= 0.3 is 0 Å². The molecule has 0 N–H and O–H groups in total. The average molecular weight is 379 g/mol. The summed E-state index contributed by atoms with van der Waals surface area (Å²) >= 11 is 5.70. The van der Waals surface area contributed by atoms with Gasteiger partial charge in [-0.3, -0.25) is 19.4 Å². The third-order valence-corrected chi connectivity index (χ3v) is 5.09. The molecule has 1 aromatic rings. The highest BCUT2D eigenvalue weighted by Gasteiger charge is 2.34. The van der Waals surface area contributed by atoms with Crippen molar-refractivity contribution in [3.05, 3.63) is 29.1 Å². The van der Waals surface area contributed by atoms with Gasteiger partial charge in [0.05, 0.1) is 29.5 Å². The smallest absolute Gasteiger partial charge is 0.256 e. The van der Waals surface area contributed by atoms with Gasteiger partial charge in [-0.2, -0.15) is 0 Å². The van der Waals surface area contributed by atoms with Gasteiger partial charge in [-0.25, -0.2) is 0 Å². The van der Waals surface area contributed by atoms with E-state index in [-0.39, 0.29) is 30.3 Å². The second kappa shape index (κ2) is 7.61. The zero-order chi connectivity index (χ0) is 18.8. The Morgan fingerprint density at radius 1 is 1.35 bits per heavy atom. The fourth-order valence-corrected chi connectivity index (χ4v) is 3.63. The first-order chi connectivity index (χ1) is 12.4. The maximum absolute atomic E-state index is 12.5. The summed E-state index contributed by atoms with van der Waals surface area (Å²) in [6.45, 7) is 1.08. The number of rotatable bonds is 5. The fourth-order valence-electron chi connectivity index (χ4n) is 3.47. The highest BCUT2D eigenvalue weighted by molar-refractivity contribution is 6.18. The summed E-state index contributed by atoms with van der Waals surface area (Å²) in [5, 5.41) is 0. The number of pyridine rings is 1. The van der Waals surface area contributed by atoms with E-state index in [9.17, 15) is 14.4 Å². The van der Waals surface area contributed by atoms with Crippen LogP contribution in [0.4, 0.5) is 0 Å². The van der Waals surface area contributed by atoms with Crippen LogP contribution < -0.4 is 0 Å². The lowest BCUT2D eigenvalue weighted by molar-refractivity contribution is -0.132. The SMILES string of the molecule is CN(C)C(=O)CN1Cc2nc(C3CCCN3C(=O)CCCl)ccc2C1=O. The zero-order valence-electron chi connectivity index (χ0n) is 15.1. The van der Waals surface area contributed by atoms with Crippen LogP contribution in [0, 0.1) is 0 Å². The number of hydrogen-bond acceptors (Lipinski definition) is 4. The van der Waals surface area contributed by atoms with Crippen molar-refractivity contribution in [2.75, 3.05) is 33.1 Å². The number of amides is 3. The molecule has 1 aromatic heterocycles.